The summed E-state index contributed by atoms with van der Waals surface area (Å²) < 4.78 is 0. The molecule has 6 heteroatoms. The highest BCUT2D eigenvalue weighted by molar-refractivity contribution is 6.03. The number of piperidine rings is 1. The van der Waals surface area contributed by atoms with E-state index in [1.165, 1.54) is 4.90 Å². The van der Waals surface area contributed by atoms with E-state index in [2.05, 4.69) is 0 Å². The number of anilines is 2. The predicted octanol–water partition coefficient (Wildman–Crippen LogP) is 0.771. The summed E-state index contributed by atoms with van der Waals surface area (Å²) in [4.78, 5) is 37.9. The van der Waals surface area contributed by atoms with Crippen LogP contribution in [-0.4, -0.2) is 36.2 Å². The zero-order chi connectivity index (χ0) is 14.7. The maximum atomic E-state index is 12.1. The van der Waals surface area contributed by atoms with Crippen molar-refractivity contribution in [3.05, 3.63) is 24.3 Å². The van der Waals surface area contributed by atoms with E-state index in [1.54, 1.807) is 31.3 Å². The second kappa shape index (κ2) is 5.73. The smallest absolute Gasteiger partial charge is 0.246 e. The zero-order valence-corrected chi connectivity index (χ0v) is 11.3. The summed E-state index contributed by atoms with van der Waals surface area (Å²) >= 11 is 0. The molecule has 1 aliphatic heterocycles. The number of likely N-dealkylation sites (N-methyl/N-ethyl adjacent to an activating group) is 1. The number of likely N-dealkylation sites (tertiary alicyclic amines) is 1. The first-order valence-electron chi connectivity index (χ1n) is 6.44. The lowest BCUT2D eigenvalue weighted by Gasteiger charge is -2.26. The molecule has 3 amide bonds. The van der Waals surface area contributed by atoms with Gasteiger partial charge in [-0.15, -0.1) is 0 Å². The fourth-order valence-electron chi connectivity index (χ4n) is 2.06. The quantitative estimate of drug-likeness (QED) is 0.652. The van der Waals surface area contributed by atoms with Crippen molar-refractivity contribution in [2.75, 3.05) is 24.2 Å². The van der Waals surface area contributed by atoms with E-state index < -0.39 is 0 Å². The Balaban J connectivity index is 2.05. The third-order valence-corrected chi connectivity index (χ3v) is 3.33. The molecular weight excluding hydrogens is 258 g/mol. The van der Waals surface area contributed by atoms with Crippen LogP contribution in [0, 0.1) is 0 Å². The summed E-state index contributed by atoms with van der Waals surface area (Å²) in [6, 6.07) is 6.81. The molecule has 0 unspecified atom stereocenters. The lowest BCUT2D eigenvalue weighted by molar-refractivity contribution is -0.150. The molecule has 0 aromatic heterocycles. The van der Waals surface area contributed by atoms with E-state index in [-0.39, 0.29) is 24.3 Å². The van der Waals surface area contributed by atoms with Crippen LogP contribution >= 0.6 is 0 Å². The molecule has 1 heterocycles. The van der Waals surface area contributed by atoms with Crippen molar-refractivity contribution in [2.24, 2.45) is 0 Å². The van der Waals surface area contributed by atoms with Gasteiger partial charge in [-0.25, -0.2) is 0 Å². The van der Waals surface area contributed by atoms with Crippen LogP contribution in [0.1, 0.15) is 19.3 Å². The number of carbonyl (C=O) groups excluding carboxylic acids is 3. The van der Waals surface area contributed by atoms with E-state index in [4.69, 9.17) is 5.73 Å². The molecule has 106 valence electrons. The van der Waals surface area contributed by atoms with Crippen molar-refractivity contribution in [1.29, 1.82) is 0 Å². The maximum Gasteiger partial charge on any atom is 0.246 e. The van der Waals surface area contributed by atoms with Crippen LogP contribution in [0.2, 0.25) is 0 Å². The standard InChI is InChI=1S/C14H17N3O3/c1-16(11-7-5-10(15)6-8-11)14(20)9-17-12(18)3-2-4-13(17)19/h5-8H,2-4,9,15H2,1H3. The Labute approximate surface area is 117 Å². The van der Waals surface area contributed by atoms with Crippen LogP contribution in [0.5, 0.6) is 0 Å². The van der Waals surface area contributed by atoms with Gasteiger partial charge in [0.25, 0.3) is 0 Å². The Kier molecular flexibility index (Phi) is 4.02. The third-order valence-electron chi connectivity index (χ3n) is 3.33. The molecule has 1 aromatic rings. The van der Waals surface area contributed by atoms with Gasteiger partial charge in [0, 0.05) is 31.3 Å². The fraction of sp³-hybridized carbons (Fsp3) is 0.357. The SMILES string of the molecule is CN(C(=O)CN1C(=O)CCCC1=O)c1ccc(N)cc1. The number of rotatable bonds is 3. The molecule has 20 heavy (non-hydrogen) atoms. The number of nitrogens with two attached hydrogens (primary N) is 1. The number of carbonyl (C=O) groups is 3. The Hall–Kier alpha value is -2.37. The third kappa shape index (κ3) is 2.96. The number of nitrogen functional groups attached to an aromatic ring is 1. The van der Waals surface area contributed by atoms with Gasteiger partial charge in [0.15, 0.2) is 0 Å². The fourth-order valence-corrected chi connectivity index (χ4v) is 2.06. The van der Waals surface area contributed by atoms with Crippen LogP contribution in [0.3, 0.4) is 0 Å². The molecule has 0 radical (unpaired) electrons. The number of imide groups is 1. The van der Waals surface area contributed by atoms with Crippen molar-refractivity contribution >= 4 is 29.1 Å². The van der Waals surface area contributed by atoms with Gasteiger partial charge in [-0.3, -0.25) is 19.3 Å². The van der Waals surface area contributed by atoms with Gasteiger partial charge in [-0.2, -0.15) is 0 Å². The summed E-state index contributed by atoms with van der Waals surface area (Å²) in [6.07, 6.45) is 1.21. The largest absolute Gasteiger partial charge is 0.399 e. The van der Waals surface area contributed by atoms with E-state index in [1.807, 2.05) is 0 Å². The van der Waals surface area contributed by atoms with E-state index in [9.17, 15) is 14.4 Å². The normalized spacial score (nSPS) is 15.3. The average Bonchev–Trinajstić information content (AvgIpc) is 2.43. The molecule has 2 rings (SSSR count). The predicted molar refractivity (Wildman–Crippen MR) is 74.8 cm³/mol. The molecule has 1 aliphatic rings. The average molecular weight is 275 g/mol. The molecule has 6 nitrogen and oxygen atoms in total. The van der Waals surface area contributed by atoms with Crippen LogP contribution in [0.25, 0.3) is 0 Å². The topological polar surface area (TPSA) is 83.7 Å². The Morgan fingerprint density at radius 2 is 1.75 bits per heavy atom. The highest BCUT2D eigenvalue weighted by Crippen LogP contribution is 2.17. The summed E-state index contributed by atoms with van der Waals surface area (Å²) in [7, 11) is 1.60. The van der Waals surface area contributed by atoms with Crippen molar-refractivity contribution in [2.45, 2.75) is 19.3 Å². The van der Waals surface area contributed by atoms with Crippen molar-refractivity contribution in [3.8, 4) is 0 Å². The van der Waals surface area contributed by atoms with Crippen LogP contribution in [0.15, 0.2) is 24.3 Å². The summed E-state index contributed by atoms with van der Waals surface area (Å²) in [5, 5.41) is 0. The minimum Gasteiger partial charge on any atom is -0.399 e. The molecule has 0 atom stereocenters. The maximum absolute atomic E-state index is 12.1. The summed E-state index contributed by atoms with van der Waals surface area (Å²) in [5.74, 6) is -0.862. The molecule has 1 aromatic carbocycles. The second-order valence-electron chi connectivity index (χ2n) is 4.77. The second-order valence-corrected chi connectivity index (χ2v) is 4.77. The van der Waals surface area contributed by atoms with Crippen molar-refractivity contribution in [1.82, 2.24) is 4.90 Å². The number of nitrogens with zero attached hydrogens (tertiary/aromatic N) is 2. The monoisotopic (exact) mass is 275 g/mol. The van der Waals surface area contributed by atoms with Gasteiger partial charge in [-0.05, 0) is 30.7 Å². The van der Waals surface area contributed by atoms with E-state index >= 15 is 0 Å². The summed E-state index contributed by atoms with van der Waals surface area (Å²) in [6.45, 7) is -0.210. The lowest BCUT2D eigenvalue weighted by atomic mass is 10.1. The Morgan fingerprint density at radius 3 is 2.30 bits per heavy atom. The molecule has 1 fully saturated rings. The Morgan fingerprint density at radius 1 is 1.20 bits per heavy atom. The molecule has 1 saturated heterocycles. The molecule has 2 N–H and O–H groups in total. The van der Waals surface area contributed by atoms with Crippen LogP contribution < -0.4 is 10.6 Å². The minimum atomic E-state index is -0.307. The van der Waals surface area contributed by atoms with Gasteiger partial charge in [-0.1, -0.05) is 0 Å². The zero-order valence-electron chi connectivity index (χ0n) is 11.3. The van der Waals surface area contributed by atoms with Gasteiger partial charge >= 0.3 is 0 Å². The van der Waals surface area contributed by atoms with E-state index in [0.717, 1.165) is 4.90 Å². The highest BCUT2D eigenvalue weighted by Gasteiger charge is 2.28. The Bertz CT molecular complexity index is 523. The highest BCUT2D eigenvalue weighted by atomic mass is 16.2. The molecule has 0 saturated carbocycles. The first kappa shape index (κ1) is 14.0. The molecule has 0 aliphatic carbocycles. The van der Waals surface area contributed by atoms with Crippen molar-refractivity contribution in [3.63, 3.8) is 0 Å². The van der Waals surface area contributed by atoms with Gasteiger partial charge in [0.1, 0.15) is 6.54 Å². The number of hydrogen-bond acceptors (Lipinski definition) is 4. The molecule has 0 spiro atoms. The summed E-state index contributed by atoms with van der Waals surface area (Å²) in [5.41, 5.74) is 6.86. The first-order valence-corrected chi connectivity index (χ1v) is 6.44. The number of hydrogen-bond donors (Lipinski definition) is 1. The van der Waals surface area contributed by atoms with Gasteiger partial charge in [0.2, 0.25) is 17.7 Å². The van der Waals surface area contributed by atoms with E-state index in [0.29, 0.717) is 30.6 Å². The van der Waals surface area contributed by atoms with Crippen molar-refractivity contribution < 1.29 is 14.4 Å². The first-order chi connectivity index (χ1) is 9.49. The minimum absolute atomic E-state index is 0.210. The lowest BCUT2D eigenvalue weighted by Crippen LogP contribution is -2.46. The number of benzene rings is 1. The van der Waals surface area contributed by atoms with Gasteiger partial charge < -0.3 is 10.6 Å². The van der Waals surface area contributed by atoms with Gasteiger partial charge in [0.05, 0.1) is 0 Å². The van der Waals surface area contributed by atoms with Crippen LogP contribution in [-0.2, 0) is 14.4 Å². The molecular formula is C14H17N3O3. The number of amides is 3. The molecule has 0 bridgehead atoms. The van der Waals surface area contributed by atoms with Crippen LogP contribution in [0.4, 0.5) is 11.4 Å².